The molecular weight excluding hydrogens is 607 g/mol. The zero-order valence-corrected chi connectivity index (χ0v) is 26.1. The molecule has 0 saturated heterocycles. The number of nitrogens with one attached hydrogen (secondary N) is 1. The number of amides is 1. The van der Waals surface area contributed by atoms with Crippen molar-refractivity contribution in [1.82, 2.24) is 15.0 Å². The van der Waals surface area contributed by atoms with Gasteiger partial charge in [-0.25, -0.2) is 4.68 Å². The van der Waals surface area contributed by atoms with Crippen molar-refractivity contribution < 1.29 is 19.0 Å². The summed E-state index contributed by atoms with van der Waals surface area (Å²) < 4.78 is 19.8. The second-order valence-electron chi connectivity index (χ2n) is 10.6. The first-order valence-electron chi connectivity index (χ1n) is 13.5. The average molecular weight is 649 g/mol. The predicted octanol–water partition coefficient (Wildman–Crippen LogP) is 7.30. The van der Waals surface area contributed by atoms with E-state index in [1.807, 2.05) is 12.1 Å². The number of alkyl halides is 1. The first kappa shape index (κ1) is 30.7. The third-order valence-corrected chi connectivity index (χ3v) is 7.31. The lowest BCUT2D eigenvalue weighted by molar-refractivity contribution is 0.102. The third-order valence-electron chi connectivity index (χ3n) is 6.55. The third kappa shape index (κ3) is 8.58. The number of rotatable bonds is 14. The van der Waals surface area contributed by atoms with Crippen molar-refractivity contribution in [3.8, 4) is 22.9 Å². The van der Waals surface area contributed by atoms with Gasteiger partial charge in [-0.05, 0) is 59.4 Å². The van der Waals surface area contributed by atoms with Crippen LogP contribution in [0.3, 0.4) is 0 Å². The standard InChI is InChI=1S/C30H41IN4O4/c1-21-28(33-34-35(21)26-20-24(37-5)13-14-27(26)38-6)29(36)32-23-17-22(30(2,3)4)18-25(19-23)39-16-12-10-8-7-9-11-15-31/h13-14,17-20H,7-12,15-16H2,1-6H3,(H,32,36). The van der Waals surface area contributed by atoms with Crippen LogP contribution in [-0.4, -0.2) is 46.2 Å². The fraction of sp³-hybridized carbons (Fsp3) is 0.500. The lowest BCUT2D eigenvalue weighted by Gasteiger charge is -2.21. The van der Waals surface area contributed by atoms with Crippen LogP contribution in [0.1, 0.15) is 81.0 Å². The Morgan fingerprint density at radius 2 is 1.67 bits per heavy atom. The van der Waals surface area contributed by atoms with E-state index in [2.05, 4.69) is 65.1 Å². The number of halogens is 1. The Kier molecular flexibility index (Phi) is 11.4. The fourth-order valence-corrected chi connectivity index (χ4v) is 4.74. The molecule has 1 N–H and O–H groups in total. The van der Waals surface area contributed by atoms with E-state index in [0.717, 1.165) is 24.2 Å². The van der Waals surface area contributed by atoms with E-state index < -0.39 is 0 Å². The number of anilines is 1. The minimum absolute atomic E-state index is 0.112. The average Bonchev–Trinajstić information content (AvgIpc) is 3.30. The monoisotopic (exact) mass is 648 g/mol. The summed E-state index contributed by atoms with van der Waals surface area (Å²) >= 11 is 2.44. The Balaban J connectivity index is 1.75. The SMILES string of the molecule is COc1ccc(OC)c(-n2nnc(C(=O)Nc3cc(OCCCCCCCCI)cc(C(C)(C)C)c3)c2C)c1. The van der Waals surface area contributed by atoms with Crippen molar-refractivity contribution >= 4 is 34.2 Å². The number of hydrogen-bond donors (Lipinski definition) is 1. The van der Waals surface area contributed by atoms with Gasteiger partial charge in [0.1, 0.15) is 22.9 Å². The molecule has 0 radical (unpaired) electrons. The van der Waals surface area contributed by atoms with E-state index in [9.17, 15) is 4.79 Å². The number of carbonyl (C=O) groups is 1. The molecule has 3 rings (SSSR count). The number of hydrogen-bond acceptors (Lipinski definition) is 6. The predicted molar refractivity (Wildman–Crippen MR) is 164 cm³/mol. The van der Waals surface area contributed by atoms with Gasteiger partial charge in [0.15, 0.2) is 5.69 Å². The summed E-state index contributed by atoms with van der Waals surface area (Å²) in [6.45, 7) is 8.89. The van der Waals surface area contributed by atoms with Crippen LogP contribution in [-0.2, 0) is 5.41 Å². The van der Waals surface area contributed by atoms with Gasteiger partial charge in [0.2, 0.25) is 0 Å². The van der Waals surface area contributed by atoms with Gasteiger partial charge >= 0.3 is 0 Å². The lowest BCUT2D eigenvalue weighted by atomic mass is 9.86. The summed E-state index contributed by atoms with van der Waals surface area (Å²) in [6.07, 6.45) is 7.31. The van der Waals surface area contributed by atoms with Gasteiger partial charge in [-0.3, -0.25) is 4.79 Å². The number of aromatic nitrogens is 3. The van der Waals surface area contributed by atoms with E-state index in [1.165, 1.54) is 30.1 Å². The van der Waals surface area contributed by atoms with Crippen molar-refractivity contribution in [2.24, 2.45) is 0 Å². The smallest absolute Gasteiger partial charge is 0.278 e. The van der Waals surface area contributed by atoms with E-state index in [1.54, 1.807) is 44.0 Å². The minimum Gasteiger partial charge on any atom is -0.497 e. The van der Waals surface area contributed by atoms with Gasteiger partial charge in [-0.15, -0.1) is 5.10 Å². The fourth-order valence-electron chi connectivity index (χ4n) is 4.20. The maximum Gasteiger partial charge on any atom is 0.278 e. The second kappa shape index (κ2) is 14.5. The molecule has 0 spiro atoms. The van der Waals surface area contributed by atoms with Crippen molar-refractivity contribution in [1.29, 1.82) is 0 Å². The zero-order chi connectivity index (χ0) is 28.4. The van der Waals surface area contributed by atoms with E-state index in [0.29, 0.717) is 35.2 Å². The number of methoxy groups -OCH3 is 2. The van der Waals surface area contributed by atoms with Gasteiger partial charge in [0.05, 0.1) is 26.5 Å². The van der Waals surface area contributed by atoms with Crippen LogP contribution in [0, 0.1) is 6.92 Å². The Labute approximate surface area is 245 Å². The second-order valence-corrected chi connectivity index (χ2v) is 11.7. The van der Waals surface area contributed by atoms with E-state index in [4.69, 9.17) is 14.2 Å². The molecule has 0 aliphatic carbocycles. The summed E-state index contributed by atoms with van der Waals surface area (Å²) in [7, 11) is 3.18. The highest BCUT2D eigenvalue weighted by atomic mass is 127. The Morgan fingerprint density at radius 1 is 0.949 bits per heavy atom. The number of unbranched alkanes of at least 4 members (excludes halogenated alkanes) is 5. The maximum absolute atomic E-state index is 13.3. The van der Waals surface area contributed by atoms with Gasteiger partial charge in [0, 0.05) is 17.8 Å². The largest absolute Gasteiger partial charge is 0.497 e. The van der Waals surface area contributed by atoms with Crippen LogP contribution < -0.4 is 19.5 Å². The molecule has 0 aliphatic rings. The molecule has 212 valence electrons. The van der Waals surface area contributed by atoms with Gasteiger partial charge in [-0.1, -0.05) is 74.3 Å². The molecule has 39 heavy (non-hydrogen) atoms. The zero-order valence-electron chi connectivity index (χ0n) is 24.0. The highest BCUT2D eigenvalue weighted by molar-refractivity contribution is 14.1. The highest BCUT2D eigenvalue weighted by Crippen LogP contribution is 2.31. The quantitative estimate of drug-likeness (QED) is 0.112. The summed E-state index contributed by atoms with van der Waals surface area (Å²) in [6, 6.07) is 11.3. The lowest BCUT2D eigenvalue weighted by Crippen LogP contribution is -2.16. The van der Waals surface area contributed by atoms with Crippen LogP contribution in [0.15, 0.2) is 36.4 Å². The number of benzene rings is 2. The first-order valence-corrected chi connectivity index (χ1v) is 15.0. The van der Waals surface area contributed by atoms with Crippen LogP contribution in [0.4, 0.5) is 5.69 Å². The molecule has 0 atom stereocenters. The molecule has 0 saturated carbocycles. The molecule has 1 aromatic heterocycles. The van der Waals surface area contributed by atoms with Crippen molar-refractivity contribution in [2.45, 2.75) is 71.6 Å². The number of nitrogens with zero attached hydrogens (tertiary/aromatic N) is 3. The van der Waals surface area contributed by atoms with E-state index >= 15 is 0 Å². The molecule has 0 unspecified atom stereocenters. The van der Waals surface area contributed by atoms with Crippen molar-refractivity contribution in [3.63, 3.8) is 0 Å². The molecule has 0 bridgehead atoms. The number of carbonyl (C=O) groups excluding carboxylic acids is 1. The highest BCUT2D eigenvalue weighted by Gasteiger charge is 2.22. The summed E-state index contributed by atoms with van der Waals surface area (Å²) in [5, 5.41) is 11.4. The molecule has 2 aromatic carbocycles. The molecule has 1 amide bonds. The van der Waals surface area contributed by atoms with Gasteiger partial charge in [-0.2, -0.15) is 0 Å². The molecular formula is C30H41IN4O4. The van der Waals surface area contributed by atoms with Crippen LogP contribution in [0.2, 0.25) is 0 Å². The molecule has 1 heterocycles. The normalized spacial score (nSPS) is 11.4. The maximum atomic E-state index is 13.3. The number of ether oxygens (including phenoxy) is 3. The molecule has 8 nitrogen and oxygen atoms in total. The first-order chi connectivity index (χ1) is 18.7. The Hall–Kier alpha value is -2.82. The summed E-state index contributed by atoms with van der Waals surface area (Å²) in [5.41, 5.74) is 3.08. The van der Waals surface area contributed by atoms with E-state index in [-0.39, 0.29) is 17.0 Å². The molecule has 3 aromatic rings. The topological polar surface area (TPSA) is 87.5 Å². The summed E-state index contributed by atoms with van der Waals surface area (Å²) in [4.78, 5) is 13.3. The van der Waals surface area contributed by atoms with Crippen molar-refractivity contribution in [2.75, 3.05) is 30.6 Å². The van der Waals surface area contributed by atoms with Crippen LogP contribution >= 0.6 is 22.6 Å². The molecule has 0 fully saturated rings. The summed E-state index contributed by atoms with van der Waals surface area (Å²) in [5.74, 6) is 1.65. The minimum atomic E-state index is -0.343. The Morgan fingerprint density at radius 3 is 2.33 bits per heavy atom. The Bertz CT molecular complexity index is 1240. The van der Waals surface area contributed by atoms with Crippen molar-refractivity contribution in [3.05, 3.63) is 53.3 Å². The van der Waals surface area contributed by atoms with Crippen LogP contribution in [0.25, 0.3) is 5.69 Å². The van der Waals surface area contributed by atoms with Gasteiger partial charge < -0.3 is 19.5 Å². The van der Waals surface area contributed by atoms with Crippen LogP contribution in [0.5, 0.6) is 17.2 Å². The molecule has 0 aliphatic heterocycles. The van der Waals surface area contributed by atoms with Gasteiger partial charge in [0.25, 0.3) is 5.91 Å². The molecule has 9 heteroatoms.